The predicted octanol–water partition coefficient (Wildman–Crippen LogP) is 5.17. The second kappa shape index (κ2) is 9.16. The normalized spacial score (nSPS) is 11.7. The Hall–Kier alpha value is -3.89. The van der Waals surface area contributed by atoms with Gasteiger partial charge in [0.2, 0.25) is 5.95 Å². The van der Waals surface area contributed by atoms with Gasteiger partial charge in [-0.3, -0.25) is 10.0 Å². The van der Waals surface area contributed by atoms with E-state index in [-0.39, 0.29) is 22.6 Å². The number of halogens is 3. The van der Waals surface area contributed by atoms with Crippen molar-refractivity contribution >= 4 is 28.6 Å². The number of aromatic nitrogens is 2. The molecule has 0 aliphatic heterocycles. The highest BCUT2D eigenvalue weighted by molar-refractivity contribution is 5.94. The lowest BCUT2D eigenvalue weighted by Crippen LogP contribution is -2.18. The van der Waals surface area contributed by atoms with Crippen molar-refractivity contribution in [2.45, 2.75) is 12.7 Å². The van der Waals surface area contributed by atoms with Gasteiger partial charge < -0.3 is 15.2 Å². The number of benzene rings is 3. The fraction of sp³-hybridized carbons (Fsp3) is 0.167. The van der Waals surface area contributed by atoms with Gasteiger partial charge in [0.25, 0.3) is 5.91 Å². The molecule has 1 heterocycles. The zero-order valence-corrected chi connectivity index (χ0v) is 18.4. The molecule has 0 unspecified atom stereocenters. The van der Waals surface area contributed by atoms with E-state index in [1.807, 2.05) is 25.1 Å². The quantitative estimate of drug-likeness (QED) is 0.231. The minimum absolute atomic E-state index is 0.0532. The summed E-state index contributed by atoms with van der Waals surface area (Å²) >= 11 is 0. The van der Waals surface area contributed by atoms with Crippen molar-refractivity contribution in [3.8, 4) is 11.1 Å². The molecular weight excluding hydrogens is 447 g/mol. The lowest BCUT2D eigenvalue weighted by atomic mass is 9.97. The van der Waals surface area contributed by atoms with Gasteiger partial charge in [0.05, 0.1) is 16.6 Å². The summed E-state index contributed by atoms with van der Waals surface area (Å²) < 4.78 is 41.9. The van der Waals surface area contributed by atoms with Gasteiger partial charge in [0.1, 0.15) is 0 Å². The highest BCUT2D eigenvalue weighted by atomic mass is 19.4. The molecule has 0 spiro atoms. The SMILES string of the molecule is CN(C)Cc1cccc(-c2cc3[nH]c(Nc4cccc(C(=O)NO)c4)nc3cc2C(F)(F)F)c1. The molecule has 0 aliphatic rings. The van der Waals surface area contributed by atoms with E-state index in [4.69, 9.17) is 5.21 Å². The van der Waals surface area contributed by atoms with Gasteiger partial charge in [0, 0.05) is 17.8 Å². The lowest BCUT2D eigenvalue weighted by molar-refractivity contribution is -0.137. The summed E-state index contributed by atoms with van der Waals surface area (Å²) in [5.41, 5.74) is 3.42. The molecule has 4 aromatic rings. The van der Waals surface area contributed by atoms with Gasteiger partial charge in [-0.05, 0) is 67.2 Å². The molecule has 1 aromatic heterocycles. The van der Waals surface area contributed by atoms with Crippen LogP contribution in [0, 0.1) is 0 Å². The maximum Gasteiger partial charge on any atom is 0.417 e. The van der Waals surface area contributed by atoms with E-state index < -0.39 is 17.6 Å². The van der Waals surface area contributed by atoms with Gasteiger partial charge >= 0.3 is 6.18 Å². The van der Waals surface area contributed by atoms with Crippen LogP contribution in [0.4, 0.5) is 24.8 Å². The molecule has 0 bridgehead atoms. The number of rotatable bonds is 6. The Labute approximate surface area is 193 Å². The summed E-state index contributed by atoms with van der Waals surface area (Å²) in [5, 5.41) is 11.7. The third-order valence-corrected chi connectivity index (χ3v) is 5.15. The highest BCUT2D eigenvalue weighted by Gasteiger charge is 2.34. The monoisotopic (exact) mass is 469 g/mol. The van der Waals surface area contributed by atoms with Crippen LogP contribution in [0.5, 0.6) is 0 Å². The molecule has 0 radical (unpaired) electrons. The molecule has 176 valence electrons. The molecule has 10 heteroatoms. The van der Waals surface area contributed by atoms with Crippen LogP contribution in [0.25, 0.3) is 22.2 Å². The fourth-order valence-electron chi connectivity index (χ4n) is 3.73. The third-order valence-electron chi connectivity index (χ3n) is 5.15. The topological polar surface area (TPSA) is 93.3 Å². The largest absolute Gasteiger partial charge is 0.417 e. The maximum atomic E-state index is 14.0. The molecule has 0 fully saturated rings. The van der Waals surface area contributed by atoms with E-state index in [1.165, 1.54) is 18.2 Å². The van der Waals surface area contributed by atoms with Crippen LogP contribution in [0.1, 0.15) is 21.5 Å². The molecule has 3 aromatic carbocycles. The van der Waals surface area contributed by atoms with Gasteiger partial charge in [-0.15, -0.1) is 0 Å². The Balaban J connectivity index is 1.75. The number of amides is 1. The van der Waals surface area contributed by atoms with Crippen molar-refractivity contribution in [1.82, 2.24) is 20.3 Å². The van der Waals surface area contributed by atoms with Crippen molar-refractivity contribution in [3.63, 3.8) is 0 Å². The Kier molecular flexibility index (Phi) is 6.27. The number of H-pyrrole nitrogens is 1. The van der Waals surface area contributed by atoms with Crippen LogP contribution in [0.2, 0.25) is 0 Å². The molecule has 0 saturated carbocycles. The molecular formula is C24H22F3N5O2. The van der Waals surface area contributed by atoms with Crippen LogP contribution in [-0.4, -0.2) is 40.1 Å². The fourth-order valence-corrected chi connectivity index (χ4v) is 3.73. The highest BCUT2D eigenvalue weighted by Crippen LogP contribution is 2.39. The number of anilines is 2. The van der Waals surface area contributed by atoms with Gasteiger partial charge in [-0.25, -0.2) is 10.5 Å². The summed E-state index contributed by atoms with van der Waals surface area (Å²) in [5.74, 6) is -0.479. The minimum atomic E-state index is -4.57. The van der Waals surface area contributed by atoms with Crippen molar-refractivity contribution in [3.05, 3.63) is 77.4 Å². The first-order valence-electron chi connectivity index (χ1n) is 10.3. The number of nitrogens with one attached hydrogen (secondary N) is 3. The maximum absolute atomic E-state index is 14.0. The van der Waals surface area contributed by atoms with Crippen molar-refractivity contribution in [1.29, 1.82) is 0 Å². The van der Waals surface area contributed by atoms with Crippen LogP contribution in [-0.2, 0) is 12.7 Å². The Morgan fingerprint density at radius 2 is 1.85 bits per heavy atom. The van der Waals surface area contributed by atoms with E-state index in [0.717, 1.165) is 11.6 Å². The molecule has 4 N–H and O–H groups in total. The average molecular weight is 469 g/mol. The smallest absolute Gasteiger partial charge is 0.326 e. The Bertz CT molecular complexity index is 1350. The molecule has 0 atom stereocenters. The van der Waals surface area contributed by atoms with Crippen LogP contribution in [0.15, 0.2) is 60.7 Å². The number of nitrogens with zero attached hydrogens (tertiary/aromatic N) is 2. The number of hydrogen-bond donors (Lipinski definition) is 4. The first kappa shape index (κ1) is 23.3. The first-order valence-corrected chi connectivity index (χ1v) is 10.3. The average Bonchev–Trinajstić information content (AvgIpc) is 3.18. The van der Waals surface area contributed by atoms with Crippen molar-refractivity contribution in [2.75, 3.05) is 19.4 Å². The second-order valence-electron chi connectivity index (χ2n) is 8.08. The van der Waals surface area contributed by atoms with Gasteiger partial charge in [-0.1, -0.05) is 24.3 Å². The number of carbonyl (C=O) groups excluding carboxylic acids is 1. The third kappa shape index (κ3) is 5.03. The summed E-state index contributed by atoms with van der Waals surface area (Å²) in [6, 6.07) is 15.7. The summed E-state index contributed by atoms with van der Waals surface area (Å²) in [4.78, 5) is 20.8. The zero-order valence-electron chi connectivity index (χ0n) is 18.4. The summed E-state index contributed by atoms with van der Waals surface area (Å²) in [6.45, 7) is 0.600. The van der Waals surface area contributed by atoms with Crippen LogP contribution in [0.3, 0.4) is 0 Å². The van der Waals surface area contributed by atoms with E-state index in [0.29, 0.717) is 23.3 Å². The zero-order chi connectivity index (χ0) is 24.5. The van der Waals surface area contributed by atoms with Crippen LogP contribution < -0.4 is 10.8 Å². The number of alkyl halides is 3. The number of fused-ring (bicyclic) bond motifs is 1. The first-order chi connectivity index (χ1) is 16.1. The molecule has 1 amide bonds. The lowest BCUT2D eigenvalue weighted by Gasteiger charge is -2.15. The molecule has 4 rings (SSSR count). The standard InChI is InChI=1S/C24H22F3N5O2/c1-32(2)13-14-5-3-6-15(9-14)18-11-20-21(12-19(18)24(25,26)27)30-23(29-20)28-17-8-4-7-16(10-17)22(33)31-34/h3-12,34H,13H2,1-2H3,(H,31,33)(H2,28,29,30). The second-order valence-corrected chi connectivity index (χ2v) is 8.08. The van der Waals surface area contributed by atoms with Gasteiger partial charge in [0.15, 0.2) is 0 Å². The molecule has 0 saturated heterocycles. The van der Waals surface area contributed by atoms with E-state index in [2.05, 4.69) is 15.3 Å². The summed E-state index contributed by atoms with van der Waals surface area (Å²) in [7, 11) is 3.79. The predicted molar refractivity (Wildman–Crippen MR) is 123 cm³/mol. The number of aromatic amines is 1. The number of hydrogen-bond acceptors (Lipinski definition) is 5. The van der Waals surface area contributed by atoms with Crippen LogP contribution >= 0.6 is 0 Å². The number of imidazole rings is 1. The van der Waals surface area contributed by atoms with Crippen molar-refractivity contribution in [2.24, 2.45) is 0 Å². The van der Waals surface area contributed by atoms with Crippen molar-refractivity contribution < 1.29 is 23.2 Å². The van der Waals surface area contributed by atoms with Gasteiger partial charge in [-0.2, -0.15) is 13.2 Å². The number of hydroxylamine groups is 1. The van der Waals surface area contributed by atoms with E-state index >= 15 is 0 Å². The minimum Gasteiger partial charge on any atom is -0.326 e. The summed E-state index contributed by atoms with van der Waals surface area (Å²) in [6.07, 6.45) is -4.57. The molecule has 0 aliphatic carbocycles. The molecule has 7 nitrogen and oxygen atoms in total. The Morgan fingerprint density at radius 1 is 1.09 bits per heavy atom. The van der Waals surface area contributed by atoms with E-state index in [9.17, 15) is 18.0 Å². The van der Waals surface area contributed by atoms with E-state index in [1.54, 1.807) is 35.8 Å². The number of carbonyl (C=O) groups is 1. The Morgan fingerprint density at radius 3 is 2.56 bits per heavy atom. The molecule has 34 heavy (non-hydrogen) atoms.